The number of hydrogen-bond donors (Lipinski definition) is 7. The van der Waals surface area contributed by atoms with Crippen LogP contribution in [-0.2, 0) is 38.0 Å². The molecule has 2 aliphatic rings. The standard InChI is InChI=1S/C62H114O15/c1-3-5-7-9-11-13-15-17-19-21-23-24-25-27-29-31-33-35-37-39-41-43-45-54(65)75-50(47-72-53(64)44-42-40-38-36-34-32-30-28-26-22-20-18-16-14-12-10-8-6-4-2)48-73-61-60(71)58(69)56(67)52(77-61)49-74-62-59(70)57(68)55(66)51(46-63)76-62/h12,14,18,20,50-52,55-63,66-71H,3-11,13,15-17,19,21-49H2,1-2H3/b14-12+,20-18+/t50-,51+,52+,55-,56-,57?,58?,59?,60?,61+,62+/m1/s1. The molecule has 2 fully saturated rings. The highest BCUT2D eigenvalue weighted by Gasteiger charge is 2.47. The minimum atomic E-state index is -1.76. The number of aliphatic hydroxyl groups excluding tert-OH is 7. The van der Waals surface area contributed by atoms with Gasteiger partial charge in [-0.15, -0.1) is 0 Å². The van der Waals surface area contributed by atoms with Crippen molar-refractivity contribution in [2.75, 3.05) is 26.4 Å². The van der Waals surface area contributed by atoms with E-state index in [0.29, 0.717) is 12.8 Å². The molecule has 7 N–H and O–H groups in total. The Morgan fingerprint density at radius 1 is 0.416 bits per heavy atom. The number of hydrogen-bond acceptors (Lipinski definition) is 15. The summed E-state index contributed by atoms with van der Waals surface area (Å²) in [6, 6.07) is 0. The third kappa shape index (κ3) is 35.5. The first kappa shape index (κ1) is 71.1. The molecular weight excluding hydrogens is 985 g/mol. The van der Waals surface area contributed by atoms with Crippen molar-refractivity contribution in [3.63, 3.8) is 0 Å². The molecule has 0 spiro atoms. The Morgan fingerprint density at radius 2 is 0.779 bits per heavy atom. The lowest BCUT2D eigenvalue weighted by molar-refractivity contribution is -0.332. The predicted octanol–water partition coefficient (Wildman–Crippen LogP) is 11.4. The van der Waals surface area contributed by atoms with E-state index in [1.54, 1.807) is 0 Å². The van der Waals surface area contributed by atoms with Crippen molar-refractivity contribution in [2.24, 2.45) is 0 Å². The van der Waals surface area contributed by atoms with Crippen molar-refractivity contribution in [3.05, 3.63) is 24.3 Å². The van der Waals surface area contributed by atoms with Gasteiger partial charge in [0.15, 0.2) is 18.7 Å². The Hall–Kier alpha value is -2.02. The van der Waals surface area contributed by atoms with E-state index in [1.165, 1.54) is 173 Å². The maximum atomic E-state index is 13.1. The van der Waals surface area contributed by atoms with E-state index in [-0.39, 0.29) is 26.1 Å². The van der Waals surface area contributed by atoms with Gasteiger partial charge >= 0.3 is 11.9 Å². The lowest BCUT2D eigenvalue weighted by Crippen LogP contribution is -2.61. The SMILES string of the molecule is CCCCC/C=C/C/C=C/CCCCCCCCCCCC(=O)OC[C@H](CO[C@H]1O[C@@H](CO[C@H]2O[C@@H](CO)[C@@H](O)C(O)C2O)[C@@H](O)C(O)C1O)OC(=O)CCCCCCCCCCCCCCCCCCCCCCCC. The monoisotopic (exact) mass is 1100 g/mol. The second-order valence-corrected chi connectivity index (χ2v) is 22.2. The zero-order valence-corrected chi connectivity index (χ0v) is 48.5. The molecule has 15 nitrogen and oxygen atoms in total. The molecule has 0 saturated carbocycles. The maximum absolute atomic E-state index is 13.1. The first-order chi connectivity index (χ1) is 37.5. The third-order valence-electron chi connectivity index (χ3n) is 15.2. The maximum Gasteiger partial charge on any atom is 0.306 e. The molecule has 4 unspecified atom stereocenters. The van der Waals surface area contributed by atoms with Gasteiger partial charge in [0.05, 0.1) is 19.8 Å². The van der Waals surface area contributed by atoms with Crippen LogP contribution in [0, 0.1) is 0 Å². The smallest absolute Gasteiger partial charge is 0.306 e. The van der Waals surface area contributed by atoms with Crippen LogP contribution >= 0.6 is 0 Å². The topological polar surface area (TPSA) is 231 Å². The molecule has 0 aliphatic carbocycles. The van der Waals surface area contributed by atoms with Gasteiger partial charge in [-0.25, -0.2) is 0 Å². The summed E-state index contributed by atoms with van der Waals surface area (Å²) >= 11 is 0. The van der Waals surface area contributed by atoms with Gasteiger partial charge in [-0.05, 0) is 44.9 Å². The number of rotatable bonds is 51. The van der Waals surface area contributed by atoms with Gasteiger partial charge in [0.25, 0.3) is 0 Å². The molecule has 77 heavy (non-hydrogen) atoms. The Bertz CT molecular complexity index is 1430. The zero-order chi connectivity index (χ0) is 56.0. The van der Waals surface area contributed by atoms with Crippen LogP contribution in [-0.4, -0.2) is 142 Å². The van der Waals surface area contributed by atoms with Crippen LogP contribution < -0.4 is 0 Å². The number of carbonyl (C=O) groups excluding carboxylic acids is 2. The second-order valence-electron chi connectivity index (χ2n) is 22.2. The second kappa shape index (κ2) is 48.7. The average molecular weight is 1100 g/mol. The van der Waals surface area contributed by atoms with Crippen LogP contribution in [0.2, 0.25) is 0 Å². The number of unbranched alkanes of at least 4 members (excludes halogenated alkanes) is 33. The van der Waals surface area contributed by atoms with Crippen LogP contribution in [0.3, 0.4) is 0 Å². The van der Waals surface area contributed by atoms with E-state index in [0.717, 1.165) is 51.4 Å². The fourth-order valence-corrected chi connectivity index (χ4v) is 10.1. The van der Waals surface area contributed by atoms with Crippen LogP contribution in [0.25, 0.3) is 0 Å². The molecule has 0 aromatic heterocycles. The zero-order valence-electron chi connectivity index (χ0n) is 48.5. The van der Waals surface area contributed by atoms with Gasteiger partial charge in [-0.1, -0.05) is 231 Å². The van der Waals surface area contributed by atoms with Crippen molar-refractivity contribution in [2.45, 2.75) is 332 Å². The summed E-state index contributed by atoms with van der Waals surface area (Å²) < 4.78 is 33.8. The molecule has 452 valence electrons. The van der Waals surface area contributed by atoms with Gasteiger partial charge in [0, 0.05) is 12.8 Å². The van der Waals surface area contributed by atoms with Crippen LogP contribution in [0.5, 0.6) is 0 Å². The highest BCUT2D eigenvalue weighted by atomic mass is 16.7. The van der Waals surface area contributed by atoms with E-state index >= 15 is 0 Å². The number of aliphatic hydroxyl groups is 7. The number of esters is 2. The number of ether oxygens (including phenoxy) is 6. The van der Waals surface area contributed by atoms with Crippen molar-refractivity contribution in [1.82, 2.24) is 0 Å². The minimum Gasteiger partial charge on any atom is -0.462 e. The molecule has 0 aromatic carbocycles. The molecular formula is C62H114O15. The van der Waals surface area contributed by atoms with E-state index in [4.69, 9.17) is 28.4 Å². The average Bonchev–Trinajstić information content (AvgIpc) is 3.43. The molecule has 2 rings (SSSR count). The minimum absolute atomic E-state index is 0.170. The van der Waals surface area contributed by atoms with Gasteiger partial charge < -0.3 is 64.2 Å². The van der Waals surface area contributed by atoms with E-state index in [9.17, 15) is 45.3 Å². The fourth-order valence-electron chi connectivity index (χ4n) is 10.1. The summed E-state index contributed by atoms with van der Waals surface area (Å²) in [5.41, 5.74) is 0. The summed E-state index contributed by atoms with van der Waals surface area (Å²) in [7, 11) is 0. The van der Waals surface area contributed by atoms with Crippen molar-refractivity contribution >= 4 is 11.9 Å². The van der Waals surface area contributed by atoms with Gasteiger partial charge in [0.2, 0.25) is 0 Å². The first-order valence-electron chi connectivity index (χ1n) is 31.4. The van der Waals surface area contributed by atoms with Crippen molar-refractivity contribution in [1.29, 1.82) is 0 Å². The predicted molar refractivity (Wildman–Crippen MR) is 303 cm³/mol. The molecule has 0 radical (unpaired) electrons. The summed E-state index contributed by atoms with van der Waals surface area (Å²) in [5, 5.41) is 72.4. The van der Waals surface area contributed by atoms with Gasteiger partial charge in [0.1, 0.15) is 55.4 Å². The first-order valence-corrected chi connectivity index (χ1v) is 31.4. The molecule has 0 aromatic rings. The fraction of sp³-hybridized carbons (Fsp3) is 0.903. The molecule has 0 amide bonds. The quantitative estimate of drug-likeness (QED) is 0.0171. The number of allylic oxidation sites excluding steroid dienone is 4. The Kier molecular flexibility index (Phi) is 44.9. The van der Waals surface area contributed by atoms with Crippen LogP contribution in [0.1, 0.15) is 264 Å². The summed E-state index contributed by atoms with van der Waals surface area (Å²) in [6.45, 7) is 2.62. The van der Waals surface area contributed by atoms with Crippen LogP contribution in [0.15, 0.2) is 24.3 Å². The normalized spacial score (nSPS) is 24.3. The number of carbonyl (C=O) groups is 2. The van der Waals surface area contributed by atoms with E-state index in [1.807, 2.05) is 0 Å². The molecule has 11 atom stereocenters. The van der Waals surface area contributed by atoms with Gasteiger partial charge in [-0.3, -0.25) is 9.59 Å². The molecule has 2 saturated heterocycles. The molecule has 2 aliphatic heterocycles. The largest absolute Gasteiger partial charge is 0.462 e. The van der Waals surface area contributed by atoms with Crippen LogP contribution in [0.4, 0.5) is 0 Å². The van der Waals surface area contributed by atoms with E-state index in [2.05, 4.69) is 38.2 Å². The highest BCUT2D eigenvalue weighted by Crippen LogP contribution is 2.27. The lowest BCUT2D eigenvalue weighted by atomic mass is 9.98. The molecule has 2 heterocycles. The summed E-state index contributed by atoms with van der Waals surface area (Å²) in [6.07, 6.45) is 37.7. The Morgan fingerprint density at radius 3 is 1.23 bits per heavy atom. The highest BCUT2D eigenvalue weighted by molar-refractivity contribution is 5.70. The third-order valence-corrected chi connectivity index (χ3v) is 15.2. The van der Waals surface area contributed by atoms with Gasteiger partial charge in [-0.2, -0.15) is 0 Å². The summed E-state index contributed by atoms with van der Waals surface area (Å²) in [4.78, 5) is 26.0. The Labute approximate surface area is 466 Å². The summed E-state index contributed by atoms with van der Waals surface area (Å²) in [5.74, 6) is -0.914. The van der Waals surface area contributed by atoms with Crippen molar-refractivity contribution < 1.29 is 73.8 Å². The van der Waals surface area contributed by atoms with Crippen molar-refractivity contribution in [3.8, 4) is 0 Å². The van der Waals surface area contributed by atoms with E-state index < -0.39 is 92.7 Å². The molecule has 15 heteroatoms. The Balaban J connectivity index is 1.71. The molecule has 0 bridgehead atoms. The lowest BCUT2D eigenvalue weighted by Gasteiger charge is -2.42.